The Bertz CT molecular complexity index is 1400. The summed E-state index contributed by atoms with van der Waals surface area (Å²) in [7, 11) is 0. The molecule has 2 N–H and O–H groups in total. The fourth-order valence-electron chi connectivity index (χ4n) is 4.85. The number of rotatable bonds is 2. The molecule has 2 aliphatic carbocycles. The summed E-state index contributed by atoms with van der Waals surface area (Å²) in [4.78, 5) is 13.4. The van der Waals surface area contributed by atoms with Gasteiger partial charge in [-0.2, -0.15) is 0 Å². The Balaban J connectivity index is 1.79. The molecule has 0 amide bonds. The molecule has 2 aliphatic rings. The summed E-state index contributed by atoms with van der Waals surface area (Å²) in [6, 6.07) is 16.0. The van der Waals surface area contributed by atoms with Crippen LogP contribution in [0.4, 0.5) is 5.69 Å². The number of aryl methyl sites for hydroxylation is 1. The van der Waals surface area contributed by atoms with Gasteiger partial charge in [0.05, 0.1) is 0 Å². The molecule has 29 heavy (non-hydrogen) atoms. The van der Waals surface area contributed by atoms with E-state index in [0.717, 1.165) is 57.8 Å². The second-order valence-electron chi connectivity index (χ2n) is 7.96. The minimum atomic E-state index is 0.131. The molecule has 0 unspecified atom stereocenters. The zero-order valence-electron chi connectivity index (χ0n) is 16.4. The van der Waals surface area contributed by atoms with Gasteiger partial charge in [-0.1, -0.05) is 41.9 Å². The molecule has 0 aromatic heterocycles. The lowest BCUT2D eigenvalue weighted by atomic mass is 9.83. The molecule has 0 heterocycles. The first-order chi connectivity index (χ1) is 14.0. The van der Waals surface area contributed by atoms with Crippen molar-refractivity contribution in [1.82, 2.24) is 0 Å². The quantitative estimate of drug-likeness (QED) is 0.517. The second kappa shape index (κ2) is 6.89. The van der Waals surface area contributed by atoms with Crippen LogP contribution in [0.1, 0.15) is 39.9 Å². The molecule has 0 radical (unpaired) electrons. The van der Waals surface area contributed by atoms with E-state index in [1.54, 1.807) is 0 Å². The Labute approximate surface area is 174 Å². The molecule has 0 fully saturated rings. The van der Waals surface area contributed by atoms with Crippen molar-refractivity contribution in [3.05, 3.63) is 96.7 Å². The van der Waals surface area contributed by atoms with Crippen LogP contribution in [0, 0.1) is 17.4 Å². The number of nitrogen functional groups attached to an aromatic ring is 1. The van der Waals surface area contributed by atoms with Gasteiger partial charge in [-0.3, -0.25) is 4.79 Å². The number of Topliss-reactive ketones (excluding diaryl/α,β-unsaturated/α-hetero) is 1. The fourth-order valence-corrected chi connectivity index (χ4v) is 5.10. The van der Waals surface area contributed by atoms with E-state index in [0.29, 0.717) is 5.69 Å². The highest BCUT2D eigenvalue weighted by atomic mass is 35.5. The van der Waals surface area contributed by atoms with Crippen molar-refractivity contribution in [2.24, 2.45) is 0 Å². The van der Waals surface area contributed by atoms with E-state index in [9.17, 15) is 4.79 Å². The molecule has 2 nitrogen and oxygen atoms in total. The van der Waals surface area contributed by atoms with E-state index in [-0.39, 0.29) is 5.78 Å². The maximum absolute atomic E-state index is 13.4. The van der Waals surface area contributed by atoms with Crippen molar-refractivity contribution >= 4 is 34.7 Å². The van der Waals surface area contributed by atoms with Crippen molar-refractivity contribution in [3.8, 4) is 0 Å². The van der Waals surface area contributed by atoms with E-state index in [4.69, 9.17) is 17.3 Å². The third kappa shape index (κ3) is 2.90. The lowest BCUT2D eigenvalue weighted by Gasteiger charge is -2.20. The highest BCUT2D eigenvalue weighted by Gasteiger charge is 2.22. The van der Waals surface area contributed by atoms with Crippen LogP contribution in [0.15, 0.2) is 48.5 Å². The minimum Gasteiger partial charge on any atom is -0.399 e. The van der Waals surface area contributed by atoms with E-state index < -0.39 is 0 Å². The van der Waals surface area contributed by atoms with Crippen molar-refractivity contribution < 1.29 is 4.79 Å². The van der Waals surface area contributed by atoms with E-state index in [1.807, 2.05) is 37.3 Å². The second-order valence-corrected chi connectivity index (χ2v) is 8.37. The number of hydrogen-bond donors (Lipinski definition) is 1. The monoisotopic (exact) mass is 399 g/mol. The third-order valence-electron chi connectivity index (χ3n) is 6.23. The van der Waals surface area contributed by atoms with Crippen molar-refractivity contribution in [3.63, 3.8) is 0 Å². The zero-order valence-corrected chi connectivity index (χ0v) is 17.1. The smallest absolute Gasteiger partial charge is 0.189 e. The Kier molecular flexibility index (Phi) is 4.33. The van der Waals surface area contributed by atoms with Crippen LogP contribution in [0.3, 0.4) is 0 Å². The average molecular weight is 400 g/mol. The number of halogens is 1. The van der Waals surface area contributed by atoms with Gasteiger partial charge < -0.3 is 5.73 Å². The molecule has 0 saturated carbocycles. The number of nitrogens with two attached hydrogens (primary N) is 1. The van der Waals surface area contributed by atoms with Crippen LogP contribution in [-0.2, 0) is 12.8 Å². The lowest BCUT2D eigenvalue weighted by molar-refractivity contribution is 0.105. The number of benzene rings is 3. The molecular weight excluding hydrogens is 378 g/mol. The predicted octanol–water partition coefficient (Wildman–Crippen LogP) is 4.22. The SMILES string of the molecule is Cc1cc(N)ccc1C(=O)C1=c2ccc3c(c2CCC1)CC=c1c(Cl)cccc1=3. The van der Waals surface area contributed by atoms with E-state index in [1.165, 1.54) is 21.6 Å². The molecule has 3 aromatic rings. The van der Waals surface area contributed by atoms with Crippen LogP contribution >= 0.6 is 11.6 Å². The Hall–Kier alpha value is -2.84. The Morgan fingerprint density at radius 2 is 1.79 bits per heavy atom. The predicted molar refractivity (Wildman–Crippen MR) is 119 cm³/mol. The molecular formula is C26H22ClNO. The lowest BCUT2D eigenvalue weighted by Crippen LogP contribution is -2.26. The summed E-state index contributed by atoms with van der Waals surface area (Å²) in [5, 5.41) is 5.48. The fraction of sp³-hybridized carbons (Fsp3) is 0.192. The number of hydrogen-bond acceptors (Lipinski definition) is 2. The molecule has 3 heteroatoms. The summed E-state index contributed by atoms with van der Waals surface area (Å²) >= 11 is 6.42. The number of carbonyl (C=O) groups excluding carboxylic acids is 1. The van der Waals surface area contributed by atoms with Crippen LogP contribution in [0.2, 0.25) is 5.02 Å². The van der Waals surface area contributed by atoms with Crippen molar-refractivity contribution in [1.29, 1.82) is 0 Å². The summed E-state index contributed by atoms with van der Waals surface area (Å²) in [6.07, 6.45) is 5.92. The van der Waals surface area contributed by atoms with E-state index in [2.05, 4.69) is 24.3 Å². The van der Waals surface area contributed by atoms with Gasteiger partial charge >= 0.3 is 0 Å². The summed E-state index contributed by atoms with van der Waals surface area (Å²) in [6.45, 7) is 1.95. The molecule has 0 spiro atoms. The van der Waals surface area contributed by atoms with Crippen LogP contribution in [0.5, 0.6) is 0 Å². The zero-order chi connectivity index (χ0) is 20.1. The van der Waals surface area contributed by atoms with Crippen LogP contribution in [0.25, 0.3) is 11.6 Å². The van der Waals surface area contributed by atoms with Crippen LogP contribution in [-0.4, -0.2) is 5.78 Å². The molecule has 0 aliphatic heterocycles. The molecule has 0 bridgehead atoms. The first kappa shape index (κ1) is 18.2. The van der Waals surface area contributed by atoms with Crippen LogP contribution < -0.4 is 16.2 Å². The highest BCUT2D eigenvalue weighted by molar-refractivity contribution is 6.30. The minimum absolute atomic E-state index is 0.131. The largest absolute Gasteiger partial charge is 0.399 e. The number of carbonyl (C=O) groups is 1. The average Bonchev–Trinajstić information content (AvgIpc) is 2.72. The number of ketones is 1. The van der Waals surface area contributed by atoms with Crippen molar-refractivity contribution in [2.45, 2.75) is 32.6 Å². The normalized spacial score (nSPS) is 14.5. The maximum Gasteiger partial charge on any atom is 0.189 e. The topological polar surface area (TPSA) is 43.1 Å². The van der Waals surface area contributed by atoms with Gasteiger partial charge in [-0.15, -0.1) is 0 Å². The van der Waals surface area contributed by atoms with Gasteiger partial charge in [0, 0.05) is 21.8 Å². The Morgan fingerprint density at radius 3 is 2.62 bits per heavy atom. The standard InChI is InChI=1S/C26H22ClNO/c1-15-14-16(28)8-9-17(15)26(29)24-6-2-4-18-20-12-13-23-19(5-3-7-25(23)27)21(20)10-11-22(18)24/h3,5,7-11,13-14H,2,4,6,12,28H2,1H3. The highest BCUT2D eigenvalue weighted by Crippen LogP contribution is 2.25. The first-order valence-corrected chi connectivity index (χ1v) is 10.5. The van der Waals surface area contributed by atoms with E-state index >= 15 is 0 Å². The first-order valence-electron chi connectivity index (χ1n) is 10.1. The summed E-state index contributed by atoms with van der Waals surface area (Å²) in [5.41, 5.74) is 11.9. The third-order valence-corrected chi connectivity index (χ3v) is 6.56. The molecule has 0 saturated heterocycles. The molecule has 144 valence electrons. The summed E-state index contributed by atoms with van der Waals surface area (Å²) in [5.74, 6) is 0.131. The van der Waals surface area contributed by atoms with Gasteiger partial charge in [0.2, 0.25) is 0 Å². The summed E-state index contributed by atoms with van der Waals surface area (Å²) < 4.78 is 0. The van der Waals surface area contributed by atoms with Crippen molar-refractivity contribution in [2.75, 3.05) is 5.73 Å². The van der Waals surface area contributed by atoms with Gasteiger partial charge in [-0.25, -0.2) is 0 Å². The number of fused-ring (bicyclic) bond motifs is 4. The van der Waals surface area contributed by atoms with Gasteiger partial charge in [0.15, 0.2) is 5.78 Å². The maximum atomic E-state index is 13.4. The van der Waals surface area contributed by atoms with Gasteiger partial charge in [0.25, 0.3) is 0 Å². The molecule has 0 atom stereocenters. The van der Waals surface area contributed by atoms with Gasteiger partial charge in [-0.05, 0) is 94.4 Å². The number of anilines is 1. The molecule has 3 aromatic carbocycles. The van der Waals surface area contributed by atoms with Gasteiger partial charge in [0.1, 0.15) is 0 Å². The molecule has 5 rings (SSSR count). The Morgan fingerprint density at radius 1 is 0.966 bits per heavy atom.